The van der Waals surface area contributed by atoms with Crippen molar-refractivity contribution < 1.29 is 9.26 Å². The Morgan fingerprint density at radius 2 is 1.77 bits per heavy atom. The normalized spacial score (nSPS) is 17.8. The van der Waals surface area contributed by atoms with Gasteiger partial charge in [0.1, 0.15) is 5.82 Å². The van der Waals surface area contributed by atoms with E-state index in [9.17, 15) is 0 Å². The van der Waals surface area contributed by atoms with Crippen LogP contribution in [0, 0.1) is 0 Å². The topological polar surface area (TPSA) is 105 Å². The van der Waals surface area contributed by atoms with Gasteiger partial charge in [0.25, 0.3) is 5.89 Å². The molecule has 0 bridgehead atoms. The number of hydrogen-bond donors (Lipinski definition) is 1. The number of nitrogens with zero attached hydrogens (tertiary/aromatic N) is 5. The average molecular weight is 414 g/mol. The van der Waals surface area contributed by atoms with Crippen molar-refractivity contribution in [3.8, 4) is 22.6 Å². The zero-order valence-corrected chi connectivity index (χ0v) is 16.9. The van der Waals surface area contributed by atoms with Crippen LogP contribution in [-0.4, -0.2) is 38.1 Å². The predicted octanol–water partition coefficient (Wildman–Crippen LogP) is 3.62. The van der Waals surface area contributed by atoms with Gasteiger partial charge in [-0.05, 0) is 36.1 Å². The number of ether oxygens (including phenoxy) is 1. The summed E-state index contributed by atoms with van der Waals surface area (Å²) < 4.78 is 12.8. The molecule has 1 saturated heterocycles. The van der Waals surface area contributed by atoms with E-state index >= 15 is 0 Å². The minimum atomic E-state index is -0.197. The first-order chi connectivity index (χ1) is 15.2. The summed E-state index contributed by atoms with van der Waals surface area (Å²) in [4.78, 5) is 8.96. The van der Waals surface area contributed by atoms with Gasteiger partial charge < -0.3 is 15.0 Å². The Bertz CT molecular complexity index is 1200. The lowest BCUT2D eigenvalue weighted by Crippen LogP contribution is -2.36. The monoisotopic (exact) mass is 414 g/mol. The van der Waals surface area contributed by atoms with Crippen LogP contribution in [0.1, 0.15) is 36.7 Å². The van der Waals surface area contributed by atoms with Crippen LogP contribution < -0.4 is 5.73 Å². The molecule has 3 aromatic heterocycles. The molecule has 8 nitrogen and oxygen atoms in total. The van der Waals surface area contributed by atoms with Gasteiger partial charge in [-0.3, -0.25) is 4.68 Å². The maximum atomic E-state index is 5.70. The van der Waals surface area contributed by atoms with E-state index < -0.39 is 0 Å². The standard InChI is InChI=1S/C23H22N6O2/c24-20-7-4-16(10-25-20)15-2-5-18(6-3-15)23(8-1-9-23)22-27-21(31-28-22)17-11-26-29(12-17)19-13-30-14-19/h2-7,10-12,19H,1,8-9,13-14H2,(H2,24,25). The molecular weight excluding hydrogens is 392 g/mol. The smallest absolute Gasteiger partial charge is 0.261 e. The van der Waals surface area contributed by atoms with Gasteiger partial charge in [0, 0.05) is 18.0 Å². The third-order valence-electron chi connectivity index (χ3n) is 6.46. The van der Waals surface area contributed by atoms with Gasteiger partial charge in [0.05, 0.1) is 36.4 Å². The number of benzene rings is 1. The summed E-state index contributed by atoms with van der Waals surface area (Å²) in [6.45, 7) is 1.39. The van der Waals surface area contributed by atoms with Crippen molar-refractivity contribution in [3.05, 3.63) is 66.4 Å². The average Bonchev–Trinajstić information content (AvgIpc) is 3.38. The Morgan fingerprint density at radius 3 is 2.42 bits per heavy atom. The first-order valence-electron chi connectivity index (χ1n) is 10.5. The molecule has 4 aromatic rings. The highest BCUT2D eigenvalue weighted by atomic mass is 16.5. The number of aromatic nitrogens is 5. The van der Waals surface area contributed by atoms with Crippen LogP contribution in [0.2, 0.25) is 0 Å². The van der Waals surface area contributed by atoms with Gasteiger partial charge >= 0.3 is 0 Å². The maximum Gasteiger partial charge on any atom is 0.261 e. The molecule has 0 amide bonds. The van der Waals surface area contributed by atoms with Gasteiger partial charge in [-0.15, -0.1) is 0 Å². The van der Waals surface area contributed by atoms with Crippen LogP contribution in [0.4, 0.5) is 5.82 Å². The van der Waals surface area contributed by atoms with E-state index in [1.54, 1.807) is 12.4 Å². The lowest BCUT2D eigenvalue weighted by molar-refractivity contribution is -0.0286. The molecule has 2 N–H and O–H groups in total. The van der Waals surface area contributed by atoms with E-state index in [4.69, 9.17) is 20.0 Å². The molecule has 2 fully saturated rings. The van der Waals surface area contributed by atoms with Crippen molar-refractivity contribution >= 4 is 5.82 Å². The van der Waals surface area contributed by atoms with Crippen LogP contribution in [0.25, 0.3) is 22.6 Å². The number of nitrogen functional groups attached to an aromatic ring is 1. The molecule has 1 aliphatic carbocycles. The minimum Gasteiger partial charge on any atom is -0.384 e. The fourth-order valence-electron chi connectivity index (χ4n) is 4.29. The Labute approximate surface area is 179 Å². The molecule has 156 valence electrons. The SMILES string of the molecule is Nc1ccc(-c2ccc(C3(c4noc(-c5cnn(C6COC6)c5)n4)CCC3)cc2)cn1. The second-order valence-corrected chi connectivity index (χ2v) is 8.31. The molecule has 6 rings (SSSR count). The number of hydrogen-bond acceptors (Lipinski definition) is 7. The second-order valence-electron chi connectivity index (χ2n) is 8.31. The third-order valence-corrected chi connectivity index (χ3v) is 6.46. The quantitative estimate of drug-likeness (QED) is 0.532. The predicted molar refractivity (Wildman–Crippen MR) is 114 cm³/mol. The van der Waals surface area contributed by atoms with E-state index in [2.05, 4.69) is 39.5 Å². The van der Waals surface area contributed by atoms with Crippen LogP contribution in [0.3, 0.4) is 0 Å². The zero-order chi connectivity index (χ0) is 20.8. The van der Waals surface area contributed by atoms with Crippen LogP contribution in [-0.2, 0) is 10.2 Å². The van der Waals surface area contributed by atoms with Crippen LogP contribution in [0.5, 0.6) is 0 Å². The van der Waals surface area contributed by atoms with Gasteiger partial charge in [0.2, 0.25) is 0 Å². The van der Waals surface area contributed by atoms with E-state index in [0.29, 0.717) is 31.0 Å². The summed E-state index contributed by atoms with van der Waals surface area (Å²) in [5, 5.41) is 8.79. The maximum absolute atomic E-state index is 5.70. The molecule has 0 unspecified atom stereocenters. The molecule has 0 atom stereocenters. The van der Waals surface area contributed by atoms with Crippen molar-refractivity contribution in [2.24, 2.45) is 0 Å². The molecule has 4 heterocycles. The van der Waals surface area contributed by atoms with E-state index in [0.717, 1.165) is 41.8 Å². The van der Waals surface area contributed by atoms with Gasteiger partial charge in [-0.2, -0.15) is 10.1 Å². The summed E-state index contributed by atoms with van der Waals surface area (Å²) in [5.74, 6) is 1.78. The van der Waals surface area contributed by atoms with Crippen LogP contribution in [0.15, 0.2) is 59.5 Å². The highest BCUT2D eigenvalue weighted by Gasteiger charge is 2.44. The lowest BCUT2D eigenvalue weighted by Gasteiger charge is -2.39. The summed E-state index contributed by atoms with van der Waals surface area (Å²) >= 11 is 0. The Hall–Kier alpha value is -3.52. The number of nitrogens with two attached hydrogens (primary N) is 1. The van der Waals surface area contributed by atoms with Crippen molar-refractivity contribution in [2.75, 3.05) is 18.9 Å². The molecule has 8 heteroatoms. The molecule has 0 spiro atoms. The minimum absolute atomic E-state index is 0.197. The van der Waals surface area contributed by atoms with E-state index in [1.807, 2.05) is 23.0 Å². The second kappa shape index (κ2) is 7.02. The highest BCUT2D eigenvalue weighted by Crippen LogP contribution is 2.48. The van der Waals surface area contributed by atoms with Crippen LogP contribution >= 0.6 is 0 Å². The summed E-state index contributed by atoms with van der Waals surface area (Å²) in [5.41, 5.74) is 9.70. The molecular formula is C23H22N6O2. The fourth-order valence-corrected chi connectivity index (χ4v) is 4.29. The first kappa shape index (κ1) is 18.3. The number of rotatable bonds is 5. The Morgan fingerprint density at radius 1 is 0.968 bits per heavy atom. The first-order valence-corrected chi connectivity index (χ1v) is 10.5. The summed E-state index contributed by atoms with van der Waals surface area (Å²) in [6.07, 6.45) is 8.69. The highest BCUT2D eigenvalue weighted by molar-refractivity contribution is 5.64. The summed E-state index contributed by atoms with van der Waals surface area (Å²) in [7, 11) is 0. The third kappa shape index (κ3) is 3.02. The van der Waals surface area contributed by atoms with Crippen molar-refractivity contribution in [1.82, 2.24) is 24.9 Å². The molecule has 31 heavy (non-hydrogen) atoms. The summed E-state index contributed by atoms with van der Waals surface area (Å²) in [6, 6.07) is 12.7. The van der Waals surface area contributed by atoms with E-state index in [-0.39, 0.29) is 5.41 Å². The number of anilines is 1. The molecule has 2 aliphatic rings. The molecule has 1 saturated carbocycles. The molecule has 1 aliphatic heterocycles. The lowest BCUT2D eigenvalue weighted by atomic mass is 9.64. The van der Waals surface area contributed by atoms with Crippen molar-refractivity contribution in [3.63, 3.8) is 0 Å². The Balaban J connectivity index is 1.28. The van der Waals surface area contributed by atoms with Crippen molar-refractivity contribution in [2.45, 2.75) is 30.7 Å². The number of pyridine rings is 1. The van der Waals surface area contributed by atoms with Crippen molar-refractivity contribution in [1.29, 1.82) is 0 Å². The molecule has 0 radical (unpaired) electrons. The van der Waals surface area contributed by atoms with E-state index in [1.165, 1.54) is 5.56 Å². The van der Waals surface area contributed by atoms with Gasteiger partial charge in [-0.25, -0.2) is 4.98 Å². The Kier molecular flexibility index (Phi) is 4.14. The largest absolute Gasteiger partial charge is 0.384 e. The fraction of sp³-hybridized carbons (Fsp3) is 0.304. The van der Waals surface area contributed by atoms with Gasteiger partial charge in [0.15, 0.2) is 5.82 Å². The van der Waals surface area contributed by atoms with Gasteiger partial charge in [-0.1, -0.05) is 35.8 Å². The molecule has 1 aromatic carbocycles. The zero-order valence-electron chi connectivity index (χ0n) is 16.9.